The van der Waals surface area contributed by atoms with Gasteiger partial charge >= 0.3 is 5.97 Å². The number of carbonyl (C=O) groups is 1. The van der Waals surface area contributed by atoms with Crippen molar-refractivity contribution in [2.45, 2.75) is 38.8 Å². The molecular weight excluding hydrogens is 270 g/mol. The van der Waals surface area contributed by atoms with Crippen LogP contribution < -0.4 is 4.74 Å². The van der Waals surface area contributed by atoms with E-state index in [0.717, 1.165) is 18.6 Å². The zero-order chi connectivity index (χ0) is 14.8. The van der Waals surface area contributed by atoms with Gasteiger partial charge in [-0.05, 0) is 18.1 Å². The average Bonchev–Trinajstić information content (AvgIpc) is 3.03. The summed E-state index contributed by atoms with van der Waals surface area (Å²) in [6.07, 6.45) is 2.28. The first-order valence-electron chi connectivity index (χ1n) is 7.09. The van der Waals surface area contributed by atoms with E-state index in [2.05, 4.69) is 10.3 Å². The minimum Gasteiger partial charge on any atom is -0.488 e. The zero-order valence-electron chi connectivity index (χ0n) is 11.8. The molecule has 2 heterocycles. The molecule has 6 heteroatoms. The van der Waals surface area contributed by atoms with Crippen molar-refractivity contribution >= 4 is 5.97 Å². The Hall–Kier alpha value is -2.37. The Bertz CT molecular complexity index is 641. The van der Waals surface area contributed by atoms with Crippen LogP contribution in [0.1, 0.15) is 35.1 Å². The zero-order valence-corrected chi connectivity index (χ0v) is 11.8. The molecular formula is C15H17N3O3. The van der Waals surface area contributed by atoms with E-state index in [1.54, 1.807) is 4.68 Å². The molecule has 0 aliphatic carbocycles. The molecule has 0 radical (unpaired) electrons. The maximum atomic E-state index is 11.2. The second-order valence-corrected chi connectivity index (χ2v) is 5.17. The van der Waals surface area contributed by atoms with E-state index in [1.807, 2.05) is 31.2 Å². The lowest BCUT2D eigenvalue weighted by molar-refractivity contribution is 0.0689. The van der Waals surface area contributed by atoms with Gasteiger partial charge in [-0.1, -0.05) is 36.8 Å². The second kappa shape index (κ2) is 5.55. The Balaban J connectivity index is 1.79. The van der Waals surface area contributed by atoms with Crippen molar-refractivity contribution in [2.24, 2.45) is 0 Å². The Labute approximate surface area is 122 Å². The van der Waals surface area contributed by atoms with E-state index >= 15 is 0 Å². The predicted octanol–water partition coefficient (Wildman–Crippen LogP) is 1.93. The number of benzene rings is 1. The van der Waals surface area contributed by atoms with E-state index < -0.39 is 5.97 Å². The minimum atomic E-state index is -1.03. The summed E-state index contributed by atoms with van der Waals surface area (Å²) in [5.41, 5.74) is 1.90. The molecule has 6 nitrogen and oxygen atoms in total. The first-order valence-corrected chi connectivity index (χ1v) is 7.09. The van der Waals surface area contributed by atoms with Crippen LogP contribution in [-0.2, 0) is 19.4 Å². The molecule has 21 heavy (non-hydrogen) atoms. The molecule has 1 N–H and O–H groups in total. The number of hydrogen-bond acceptors (Lipinski definition) is 4. The van der Waals surface area contributed by atoms with Crippen molar-refractivity contribution in [3.63, 3.8) is 0 Å². The van der Waals surface area contributed by atoms with Crippen LogP contribution in [0.4, 0.5) is 0 Å². The molecule has 1 aliphatic rings. The molecule has 1 aromatic carbocycles. The number of para-hydroxylation sites is 1. The van der Waals surface area contributed by atoms with Crippen molar-refractivity contribution < 1.29 is 14.6 Å². The fourth-order valence-corrected chi connectivity index (χ4v) is 2.68. The number of nitrogens with zero attached hydrogens (tertiary/aromatic N) is 3. The third-order valence-electron chi connectivity index (χ3n) is 3.62. The van der Waals surface area contributed by atoms with E-state index in [9.17, 15) is 4.79 Å². The summed E-state index contributed by atoms with van der Waals surface area (Å²) in [5.74, 6) is -0.126. The van der Waals surface area contributed by atoms with Crippen LogP contribution in [0.15, 0.2) is 24.3 Å². The number of aromatic nitrogens is 3. The van der Waals surface area contributed by atoms with Gasteiger partial charge in [-0.3, -0.25) is 0 Å². The lowest BCUT2D eigenvalue weighted by atomic mass is 10.1. The highest BCUT2D eigenvalue weighted by Crippen LogP contribution is 2.29. The van der Waals surface area contributed by atoms with Crippen LogP contribution in [0, 0.1) is 0 Å². The summed E-state index contributed by atoms with van der Waals surface area (Å²) < 4.78 is 7.55. The molecule has 1 aliphatic heterocycles. The number of aromatic carboxylic acids is 1. The van der Waals surface area contributed by atoms with Crippen molar-refractivity contribution in [3.8, 4) is 5.75 Å². The number of fused-ring (bicyclic) bond motifs is 1. The van der Waals surface area contributed by atoms with Gasteiger partial charge in [0.05, 0.1) is 12.2 Å². The predicted molar refractivity (Wildman–Crippen MR) is 75.5 cm³/mol. The summed E-state index contributed by atoms with van der Waals surface area (Å²) in [4.78, 5) is 11.2. The molecule has 0 bridgehead atoms. The van der Waals surface area contributed by atoms with Gasteiger partial charge in [0.25, 0.3) is 0 Å². The van der Waals surface area contributed by atoms with Crippen LogP contribution in [-0.4, -0.2) is 32.2 Å². The molecule has 0 fully saturated rings. The molecule has 0 saturated carbocycles. The number of hydrogen-bond donors (Lipinski definition) is 1. The molecule has 1 unspecified atom stereocenters. The molecule has 2 aromatic rings. The SMILES string of the molecule is CCCc1c(C(=O)O)nnn1CC1Cc2ccccc2O1. The van der Waals surface area contributed by atoms with Crippen LogP contribution in [0.25, 0.3) is 0 Å². The van der Waals surface area contributed by atoms with Gasteiger partial charge in [-0.15, -0.1) is 5.10 Å². The second-order valence-electron chi connectivity index (χ2n) is 5.17. The van der Waals surface area contributed by atoms with Crippen LogP contribution >= 0.6 is 0 Å². The number of carboxylic acid groups (broad SMARTS) is 1. The van der Waals surface area contributed by atoms with Gasteiger partial charge in [0.1, 0.15) is 11.9 Å². The van der Waals surface area contributed by atoms with Gasteiger partial charge in [-0.2, -0.15) is 0 Å². The highest BCUT2D eigenvalue weighted by Gasteiger charge is 2.26. The molecule has 0 spiro atoms. The number of ether oxygens (including phenoxy) is 1. The van der Waals surface area contributed by atoms with Gasteiger partial charge in [0, 0.05) is 6.42 Å². The Morgan fingerprint density at radius 1 is 1.48 bits per heavy atom. The van der Waals surface area contributed by atoms with E-state index in [4.69, 9.17) is 9.84 Å². The first-order chi connectivity index (χ1) is 10.2. The third-order valence-corrected chi connectivity index (χ3v) is 3.62. The monoisotopic (exact) mass is 287 g/mol. The number of carboxylic acids is 1. The Morgan fingerprint density at radius 3 is 3.00 bits per heavy atom. The van der Waals surface area contributed by atoms with Gasteiger partial charge in [0.2, 0.25) is 0 Å². The van der Waals surface area contributed by atoms with Crippen LogP contribution in [0.2, 0.25) is 0 Å². The van der Waals surface area contributed by atoms with Crippen LogP contribution in [0.5, 0.6) is 5.75 Å². The molecule has 1 aromatic heterocycles. The van der Waals surface area contributed by atoms with E-state index in [1.165, 1.54) is 5.56 Å². The lowest BCUT2D eigenvalue weighted by Crippen LogP contribution is -2.23. The molecule has 0 amide bonds. The quantitative estimate of drug-likeness (QED) is 0.909. The lowest BCUT2D eigenvalue weighted by Gasteiger charge is -2.12. The van der Waals surface area contributed by atoms with E-state index in [0.29, 0.717) is 18.7 Å². The van der Waals surface area contributed by atoms with Gasteiger partial charge in [-0.25, -0.2) is 9.48 Å². The van der Waals surface area contributed by atoms with Crippen molar-refractivity contribution in [2.75, 3.05) is 0 Å². The molecule has 3 rings (SSSR count). The summed E-state index contributed by atoms with van der Waals surface area (Å²) in [5, 5.41) is 16.9. The van der Waals surface area contributed by atoms with Crippen LogP contribution in [0.3, 0.4) is 0 Å². The maximum Gasteiger partial charge on any atom is 0.358 e. The minimum absolute atomic E-state index is 0.0265. The van der Waals surface area contributed by atoms with Crippen molar-refractivity contribution in [1.29, 1.82) is 0 Å². The molecule has 110 valence electrons. The smallest absolute Gasteiger partial charge is 0.358 e. The molecule has 1 atom stereocenters. The fourth-order valence-electron chi connectivity index (χ4n) is 2.68. The fraction of sp³-hybridized carbons (Fsp3) is 0.400. The topological polar surface area (TPSA) is 77.2 Å². The standard InChI is InChI=1S/C15H17N3O3/c1-2-5-12-14(15(19)20)16-17-18(12)9-11-8-10-6-3-4-7-13(10)21-11/h3-4,6-7,11H,2,5,8-9H2,1H3,(H,19,20). The Morgan fingerprint density at radius 2 is 2.29 bits per heavy atom. The third kappa shape index (κ3) is 2.61. The highest BCUT2D eigenvalue weighted by atomic mass is 16.5. The summed E-state index contributed by atoms with van der Waals surface area (Å²) in [6.45, 7) is 2.52. The van der Waals surface area contributed by atoms with Gasteiger partial charge < -0.3 is 9.84 Å². The van der Waals surface area contributed by atoms with E-state index in [-0.39, 0.29) is 11.8 Å². The first kappa shape index (κ1) is 13.6. The van der Waals surface area contributed by atoms with Crippen molar-refractivity contribution in [1.82, 2.24) is 15.0 Å². The average molecular weight is 287 g/mol. The summed E-state index contributed by atoms with van der Waals surface area (Å²) in [7, 11) is 0. The summed E-state index contributed by atoms with van der Waals surface area (Å²) >= 11 is 0. The van der Waals surface area contributed by atoms with Gasteiger partial charge in [0.15, 0.2) is 5.69 Å². The number of rotatable bonds is 5. The largest absolute Gasteiger partial charge is 0.488 e. The normalized spacial score (nSPS) is 16.5. The Kier molecular flexibility index (Phi) is 3.60. The summed E-state index contributed by atoms with van der Waals surface area (Å²) in [6, 6.07) is 7.94. The maximum absolute atomic E-state index is 11.2. The highest BCUT2D eigenvalue weighted by molar-refractivity contribution is 5.86. The molecule has 0 saturated heterocycles. The van der Waals surface area contributed by atoms with Crippen molar-refractivity contribution in [3.05, 3.63) is 41.2 Å².